The van der Waals surface area contributed by atoms with Crippen LogP contribution in [0.1, 0.15) is 49.9 Å². The zero-order valence-corrected chi connectivity index (χ0v) is 26.5. The maximum atomic E-state index is 13.6. The van der Waals surface area contributed by atoms with Crippen LogP contribution in [0, 0.1) is 11.3 Å². The number of amides is 2. The van der Waals surface area contributed by atoms with E-state index in [-0.39, 0.29) is 40.1 Å². The largest absolute Gasteiger partial charge is 0.413 e. The standard InChI is InChI=1S/C30H40N4O5SSi/c1-30(2,3)41(5,6)39-24-12-13-34(18-24)19-26(23-9-7-8-22(14-23)17-31)33(4)29(36)16-21-10-11-27-25(15-21)32-28(35)20-40(27,37)38/h7-11,14-15,24,26H,12-13,16,18-20H2,1-6H3,(H,32,35)/t24-,26?/m0/s1. The summed E-state index contributed by atoms with van der Waals surface area (Å²) in [5, 5.41) is 12.2. The molecule has 2 atom stereocenters. The Hall–Kier alpha value is -3.04. The van der Waals surface area contributed by atoms with E-state index in [1.807, 2.05) is 18.2 Å². The van der Waals surface area contributed by atoms with Gasteiger partial charge in [0.2, 0.25) is 11.8 Å². The zero-order chi connectivity index (χ0) is 30.2. The van der Waals surface area contributed by atoms with Crippen LogP contribution in [0.15, 0.2) is 47.4 Å². The maximum Gasteiger partial charge on any atom is 0.239 e. The minimum Gasteiger partial charge on any atom is -0.413 e. The van der Waals surface area contributed by atoms with E-state index in [0.717, 1.165) is 25.1 Å². The Morgan fingerprint density at radius 2 is 1.98 bits per heavy atom. The van der Waals surface area contributed by atoms with Crippen molar-refractivity contribution in [1.82, 2.24) is 9.80 Å². The third-order valence-electron chi connectivity index (χ3n) is 8.52. The molecule has 4 rings (SSSR count). The maximum absolute atomic E-state index is 13.6. The number of anilines is 1. The SMILES string of the molecule is CN(C(=O)Cc1ccc2c(c1)NC(=O)CS2(=O)=O)C(CN1CC[C@H](O[Si](C)(C)C(C)(C)C)C1)c1cccc(C#N)c1. The molecule has 0 bridgehead atoms. The van der Waals surface area contributed by atoms with Crippen LogP contribution in [0.5, 0.6) is 0 Å². The summed E-state index contributed by atoms with van der Waals surface area (Å²) in [5.41, 5.74) is 2.21. The molecule has 1 saturated heterocycles. The molecule has 0 radical (unpaired) electrons. The first-order valence-electron chi connectivity index (χ1n) is 13.9. The molecule has 0 aliphatic carbocycles. The summed E-state index contributed by atoms with van der Waals surface area (Å²) < 4.78 is 31.4. The van der Waals surface area contributed by atoms with Crippen LogP contribution >= 0.6 is 0 Å². The third-order valence-corrected chi connectivity index (χ3v) is 14.7. The number of likely N-dealkylation sites (N-methyl/N-ethyl adjacent to an activating group) is 1. The van der Waals surface area contributed by atoms with Crippen molar-refractivity contribution in [3.05, 3.63) is 59.2 Å². The Labute approximate surface area is 244 Å². The average molecular weight is 597 g/mol. The molecule has 220 valence electrons. The highest BCUT2D eigenvalue weighted by atomic mass is 32.2. The van der Waals surface area contributed by atoms with E-state index in [2.05, 4.69) is 50.2 Å². The van der Waals surface area contributed by atoms with Gasteiger partial charge in [0.25, 0.3) is 0 Å². The number of carbonyl (C=O) groups excluding carboxylic acids is 2. The van der Waals surface area contributed by atoms with Crippen LogP contribution in [0.25, 0.3) is 0 Å². The molecule has 0 aromatic heterocycles. The van der Waals surface area contributed by atoms with Crippen LogP contribution in [0.3, 0.4) is 0 Å². The first kappa shape index (κ1) is 30.9. The number of nitriles is 1. The number of sulfone groups is 1. The molecule has 9 nitrogen and oxygen atoms in total. The molecule has 1 N–H and O–H groups in total. The van der Waals surface area contributed by atoms with Crippen LogP contribution in [-0.2, 0) is 30.3 Å². The van der Waals surface area contributed by atoms with E-state index in [9.17, 15) is 23.3 Å². The van der Waals surface area contributed by atoms with Crippen LogP contribution in [-0.4, -0.2) is 76.9 Å². The molecule has 2 aliphatic heterocycles. The molecular weight excluding hydrogens is 557 g/mol. The van der Waals surface area contributed by atoms with Gasteiger partial charge in [-0.25, -0.2) is 8.42 Å². The number of nitrogens with zero attached hydrogens (tertiary/aromatic N) is 3. The lowest BCUT2D eigenvalue weighted by molar-refractivity contribution is -0.131. The van der Waals surface area contributed by atoms with Gasteiger partial charge in [-0.3, -0.25) is 14.5 Å². The van der Waals surface area contributed by atoms with Gasteiger partial charge in [-0.2, -0.15) is 5.26 Å². The smallest absolute Gasteiger partial charge is 0.239 e. The quantitative estimate of drug-likeness (QED) is 0.455. The second-order valence-corrected chi connectivity index (χ2v) is 19.3. The molecular formula is C30H40N4O5SSi. The number of benzene rings is 2. The van der Waals surface area contributed by atoms with E-state index in [0.29, 0.717) is 17.7 Å². The highest BCUT2D eigenvalue weighted by Crippen LogP contribution is 2.38. The summed E-state index contributed by atoms with van der Waals surface area (Å²) in [6.07, 6.45) is 1.11. The highest BCUT2D eigenvalue weighted by molar-refractivity contribution is 7.92. The fourth-order valence-corrected chi connectivity index (χ4v) is 7.80. The van der Waals surface area contributed by atoms with E-state index in [1.165, 1.54) is 6.07 Å². The van der Waals surface area contributed by atoms with Gasteiger partial charge in [-0.15, -0.1) is 0 Å². The van der Waals surface area contributed by atoms with Crippen molar-refractivity contribution in [2.45, 2.75) is 68.8 Å². The van der Waals surface area contributed by atoms with Gasteiger partial charge in [-0.1, -0.05) is 39.0 Å². The summed E-state index contributed by atoms with van der Waals surface area (Å²) in [4.78, 5) is 29.6. The molecule has 0 spiro atoms. The van der Waals surface area contributed by atoms with E-state index < -0.39 is 29.8 Å². The lowest BCUT2D eigenvalue weighted by atomic mass is 10.0. The van der Waals surface area contributed by atoms with Gasteiger partial charge in [-0.05, 0) is 59.9 Å². The van der Waals surface area contributed by atoms with E-state index in [4.69, 9.17) is 4.43 Å². The Balaban J connectivity index is 1.53. The molecule has 2 aromatic carbocycles. The molecule has 41 heavy (non-hydrogen) atoms. The Morgan fingerprint density at radius 1 is 1.24 bits per heavy atom. The summed E-state index contributed by atoms with van der Waals surface area (Å²) in [5.74, 6) is -1.32. The number of rotatable bonds is 8. The van der Waals surface area contributed by atoms with Crippen molar-refractivity contribution in [3.63, 3.8) is 0 Å². The number of nitrogens with one attached hydrogen (secondary N) is 1. The lowest BCUT2D eigenvalue weighted by Gasteiger charge is -2.38. The molecule has 2 aromatic rings. The van der Waals surface area contributed by atoms with Gasteiger partial charge < -0.3 is 14.6 Å². The molecule has 0 saturated carbocycles. The van der Waals surface area contributed by atoms with Crippen molar-refractivity contribution in [2.75, 3.05) is 37.8 Å². The van der Waals surface area contributed by atoms with E-state index in [1.54, 1.807) is 30.1 Å². The number of carbonyl (C=O) groups is 2. The summed E-state index contributed by atoms with van der Waals surface area (Å²) in [6.45, 7) is 13.5. The van der Waals surface area contributed by atoms with Gasteiger partial charge >= 0.3 is 0 Å². The molecule has 2 heterocycles. The van der Waals surface area contributed by atoms with Crippen molar-refractivity contribution < 1.29 is 22.4 Å². The first-order chi connectivity index (χ1) is 19.1. The van der Waals surface area contributed by atoms with Gasteiger partial charge in [0.1, 0.15) is 5.75 Å². The third kappa shape index (κ3) is 7.06. The predicted octanol–water partition coefficient (Wildman–Crippen LogP) is 4.12. The minimum absolute atomic E-state index is 0.0330. The number of fused-ring (bicyclic) bond motifs is 1. The average Bonchev–Trinajstić information content (AvgIpc) is 3.31. The lowest BCUT2D eigenvalue weighted by Crippen LogP contribution is -2.45. The van der Waals surface area contributed by atoms with Crippen molar-refractivity contribution in [1.29, 1.82) is 5.26 Å². The minimum atomic E-state index is -3.69. The van der Waals surface area contributed by atoms with Gasteiger partial charge in [0.15, 0.2) is 18.2 Å². The summed E-state index contributed by atoms with van der Waals surface area (Å²) in [7, 11) is -3.85. The van der Waals surface area contributed by atoms with Crippen LogP contribution in [0.2, 0.25) is 18.1 Å². The van der Waals surface area contributed by atoms with Crippen molar-refractivity contribution >= 4 is 35.7 Å². The molecule has 2 amide bonds. The van der Waals surface area contributed by atoms with Crippen LogP contribution < -0.4 is 5.32 Å². The molecule has 2 aliphatic rings. The van der Waals surface area contributed by atoms with Crippen molar-refractivity contribution in [3.8, 4) is 6.07 Å². The highest BCUT2D eigenvalue weighted by Gasteiger charge is 2.41. The molecule has 1 unspecified atom stereocenters. The van der Waals surface area contributed by atoms with Gasteiger partial charge in [0.05, 0.1) is 40.8 Å². The first-order valence-corrected chi connectivity index (χ1v) is 18.5. The van der Waals surface area contributed by atoms with E-state index >= 15 is 0 Å². The zero-order valence-electron chi connectivity index (χ0n) is 24.7. The van der Waals surface area contributed by atoms with Crippen LogP contribution in [0.4, 0.5) is 5.69 Å². The number of hydrogen-bond acceptors (Lipinski definition) is 7. The molecule has 11 heteroatoms. The Morgan fingerprint density at radius 3 is 2.66 bits per heavy atom. The normalized spacial score (nSPS) is 19.6. The monoisotopic (exact) mass is 596 g/mol. The van der Waals surface area contributed by atoms with Gasteiger partial charge in [0, 0.05) is 26.7 Å². The number of hydrogen-bond donors (Lipinski definition) is 1. The topological polar surface area (TPSA) is 120 Å². The summed E-state index contributed by atoms with van der Waals surface area (Å²) in [6, 6.07) is 13.9. The fraction of sp³-hybridized carbons (Fsp3) is 0.500. The Bertz CT molecular complexity index is 1480. The Kier molecular flexibility index (Phi) is 8.80. The number of likely N-dealkylation sites (tertiary alicyclic amines) is 1. The fourth-order valence-electron chi connectivity index (χ4n) is 5.13. The summed E-state index contributed by atoms with van der Waals surface area (Å²) >= 11 is 0. The molecule has 1 fully saturated rings. The second-order valence-electron chi connectivity index (χ2n) is 12.6. The van der Waals surface area contributed by atoms with Crippen molar-refractivity contribution in [2.24, 2.45) is 0 Å². The predicted molar refractivity (Wildman–Crippen MR) is 161 cm³/mol. The second kappa shape index (κ2) is 11.7.